The second-order valence-electron chi connectivity index (χ2n) is 4.96. The van der Waals surface area contributed by atoms with Gasteiger partial charge in [0.25, 0.3) is 0 Å². The van der Waals surface area contributed by atoms with E-state index in [2.05, 4.69) is 11.9 Å². The Bertz CT molecular complexity index is 605. The molecule has 26 heavy (non-hydrogen) atoms. The molecule has 1 unspecified atom stereocenters. The maximum Gasteiger partial charge on any atom is 0.421 e. The van der Waals surface area contributed by atoms with Crippen molar-refractivity contribution in [3.63, 3.8) is 0 Å². The highest BCUT2D eigenvalue weighted by Gasteiger charge is 2.56. The zero-order valence-corrected chi connectivity index (χ0v) is 15.5. The number of benzene rings is 1. The molecular weight excluding hydrogens is 352 g/mol. The molecule has 1 heterocycles. The van der Waals surface area contributed by atoms with E-state index in [-0.39, 0.29) is 18.8 Å². The number of fused-ring (bicyclic) bond motifs is 1. The Hall–Kier alpha value is -2.09. The number of nitrogens with zero attached hydrogens (tertiary/aromatic N) is 1. The molecule has 1 aromatic carbocycles. The van der Waals surface area contributed by atoms with Crippen molar-refractivity contribution in [2.75, 3.05) is 18.4 Å². The summed E-state index contributed by atoms with van der Waals surface area (Å²) in [5.41, 5.74) is -4.23. The van der Waals surface area contributed by atoms with E-state index in [4.69, 9.17) is 0 Å². The van der Waals surface area contributed by atoms with Crippen LogP contribution in [0.3, 0.4) is 0 Å². The third kappa shape index (κ3) is 5.20. The molecule has 1 atom stereocenters. The third-order valence-corrected chi connectivity index (χ3v) is 3.52. The minimum Gasteiger partial charge on any atom is -0.376 e. The number of amides is 2. The second-order valence-corrected chi connectivity index (χ2v) is 4.96. The maximum absolute atomic E-state index is 13.3. The topological polar surface area (TPSA) is 52.6 Å². The molecule has 0 saturated carbocycles. The largest absolute Gasteiger partial charge is 0.421 e. The molecule has 0 aliphatic carbocycles. The summed E-state index contributed by atoms with van der Waals surface area (Å²) in [6.45, 7) is 11.1. The highest BCUT2D eigenvalue weighted by molar-refractivity contribution is 5.90. The summed E-state index contributed by atoms with van der Waals surface area (Å²) >= 11 is 0. The van der Waals surface area contributed by atoms with Gasteiger partial charge in [-0.1, -0.05) is 33.8 Å². The molecular formula is C18H26F4N2O2. The molecule has 0 saturated heterocycles. The van der Waals surface area contributed by atoms with Gasteiger partial charge in [0.2, 0.25) is 0 Å². The van der Waals surface area contributed by atoms with Crippen LogP contribution in [0.5, 0.6) is 0 Å². The lowest BCUT2D eigenvalue weighted by Crippen LogP contribution is -2.49. The van der Waals surface area contributed by atoms with E-state index in [1.54, 1.807) is 0 Å². The lowest BCUT2D eigenvalue weighted by molar-refractivity contribution is -0.269. The number of carbonyl (C=O) groups is 1. The quantitative estimate of drug-likeness (QED) is 0.559. The molecule has 0 fully saturated rings. The third-order valence-electron chi connectivity index (χ3n) is 3.52. The maximum atomic E-state index is 13.3. The smallest absolute Gasteiger partial charge is 0.376 e. The molecule has 0 spiro atoms. The van der Waals surface area contributed by atoms with Gasteiger partial charge in [-0.15, -0.1) is 6.58 Å². The van der Waals surface area contributed by atoms with Crippen LogP contribution < -0.4 is 5.32 Å². The lowest BCUT2D eigenvalue weighted by atomic mass is 9.87. The molecule has 1 aromatic rings. The first kappa shape index (κ1) is 23.9. The van der Waals surface area contributed by atoms with E-state index < -0.39 is 35.6 Å². The Morgan fingerprint density at radius 1 is 1.31 bits per heavy atom. The van der Waals surface area contributed by atoms with Gasteiger partial charge in [-0.2, -0.15) is 13.2 Å². The second kappa shape index (κ2) is 10.2. The van der Waals surface area contributed by atoms with Gasteiger partial charge in [0, 0.05) is 30.8 Å². The molecule has 0 aromatic heterocycles. The molecule has 148 valence electrons. The molecule has 0 radical (unpaired) electrons. The number of nitrogens with one attached hydrogen (secondary N) is 1. The fraction of sp³-hybridized carbons (Fsp3) is 0.500. The van der Waals surface area contributed by atoms with Crippen LogP contribution in [0, 0.1) is 5.82 Å². The van der Waals surface area contributed by atoms with Crippen molar-refractivity contribution >= 4 is 11.7 Å². The normalized spacial score (nSPS) is 19.4. The molecule has 4 nitrogen and oxygen atoms in total. The van der Waals surface area contributed by atoms with Gasteiger partial charge in [0.15, 0.2) is 5.60 Å². The van der Waals surface area contributed by atoms with Crippen molar-refractivity contribution in [1.82, 2.24) is 4.90 Å². The summed E-state index contributed by atoms with van der Waals surface area (Å²) in [6, 6.07) is 1.86. The minimum atomic E-state index is -5.02. The molecule has 2 amide bonds. The number of anilines is 1. The zero-order valence-electron chi connectivity index (χ0n) is 15.5. The van der Waals surface area contributed by atoms with Crippen molar-refractivity contribution in [2.45, 2.75) is 45.9 Å². The van der Waals surface area contributed by atoms with Crippen LogP contribution in [0.25, 0.3) is 0 Å². The summed E-state index contributed by atoms with van der Waals surface area (Å²) in [6.07, 6.45) is -4.45. The average molecular weight is 378 g/mol. The highest BCUT2D eigenvalue weighted by atomic mass is 19.4. The summed E-state index contributed by atoms with van der Waals surface area (Å²) in [5.74, 6) is -0.931. The van der Waals surface area contributed by atoms with Crippen molar-refractivity contribution in [2.24, 2.45) is 0 Å². The molecule has 1 aliphatic heterocycles. The number of urea groups is 1. The first-order valence-electron chi connectivity index (χ1n) is 8.45. The molecule has 0 bridgehead atoms. The standard InChI is InChI=1S/C14H14F4N2O2.2C2H6/c1-2-6-20-7-5-13(22,14(16,17)18)10-8-9(15)3-4-11(10)19-12(20)21;2*1-2/h2-4,8,22H,1,5-7H2,(H,19,21);2*1-2H3. The van der Waals surface area contributed by atoms with Gasteiger partial charge >= 0.3 is 12.2 Å². The number of hydrogen-bond acceptors (Lipinski definition) is 2. The van der Waals surface area contributed by atoms with Crippen molar-refractivity contribution in [1.29, 1.82) is 0 Å². The minimum absolute atomic E-state index is 0.0241. The Morgan fingerprint density at radius 3 is 2.38 bits per heavy atom. The summed E-state index contributed by atoms with van der Waals surface area (Å²) < 4.78 is 53.3. The van der Waals surface area contributed by atoms with Crippen molar-refractivity contribution in [3.05, 3.63) is 42.2 Å². The summed E-state index contributed by atoms with van der Waals surface area (Å²) in [7, 11) is 0. The Balaban J connectivity index is 0.00000146. The molecule has 8 heteroatoms. The van der Waals surface area contributed by atoms with Crippen LogP contribution >= 0.6 is 0 Å². The predicted octanol–water partition coefficient (Wildman–Crippen LogP) is 5.05. The summed E-state index contributed by atoms with van der Waals surface area (Å²) in [4.78, 5) is 13.1. The number of alkyl halides is 3. The van der Waals surface area contributed by atoms with Gasteiger partial charge in [-0.05, 0) is 18.2 Å². The summed E-state index contributed by atoms with van der Waals surface area (Å²) in [5, 5.41) is 12.4. The number of hydrogen-bond donors (Lipinski definition) is 2. The zero-order chi connectivity index (χ0) is 20.5. The van der Waals surface area contributed by atoms with Crippen molar-refractivity contribution < 1.29 is 27.5 Å². The fourth-order valence-corrected chi connectivity index (χ4v) is 2.32. The first-order chi connectivity index (χ1) is 12.2. The number of aliphatic hydroxyl groups is 1. The van der Waals surface area contributed by atoms with E-state index in [1.807, 2.05) is 27.7 Å². The van der Waals surface area contributed by atoms with Crippen LogP contribution in [0.15, 0.2) is 30.9 Å². The Kier molecular flexibility index (Phi) is 9.34. The lowest BCUT2D eigenvalue weighted by Gasteiger charge is -2.37. The van der Waals surface area contributed by atoms with Gasteiger partial charge in [-0.3, -0.25) is 0 Å². The molecule has 2 N–H and O–H groups in total. The number of halogens is 4. The SMILES string of the molecule is C=CCN1CCC(O)(C(F)(F)F)c2cc(F)ccc2NC1=O.CC.CC. The van der Waals surface area contributed by atoms with Gasteiger partial charge in [0.05, 0.1) is 0 Å². The average Bonchev–Trinajstić information content (AvgIpc) is 2.61. The molecule has 2 rings (SSSR count). The first-order valence-corrected chi connectivity index (χ1v) is 8.45. The Labute approximate surface area is 151 Å². The van der Waals surface area contributed by atoms with Crippen LogP contribution in [-0.4, -0.2) is 35.3 Å². The van der Waals surface area contributed by atoms with Crippen LogP contribution in [0.1, 0.15) is 39.7 Å². The van der Waals surface area contributed by atoms with E-state index in [9.17, 15) is 27.5 Å². The van der Waals surface area contributed by atoms with Gasteiger partial charge < -0.3 is 15.3 Å². The van der Waals surface area contributed by atoms with Gasteiger partial charge in [-0.25, -0.2) is 9.18 Å². The Morgan fingerprint density at radius 2 is 1.88 bits per heavy atom. The fourth-order valence-electron chi connectivity index (χ4n) is 2.32. The van der Waals surface area contributed by atoms with Crippen LogP contribution in [0.4, 0.5) is 28.0 Å². The number of carbonyl (C=O) groups excluding carboxylic acids is 1. The predicted molar refractivity (Wildman–Crippen MR) is 94.5 cm³/mol. The van der Waals surface area contributed by atoms with Crippen molar-refractivity contribution in [3.8, 4) is 0 Å². The molecule has 1 aliphatic rings. The van der Waals surface area contributed by atoms with Crippen LogP contribution in [-0.2, 0) is 5.60 Å². The van der Waals surface area contributed by atoms with E-state index >= 15 is 0 Å². The highest BCUT2D eigenvalue weighted by Crippen LogP contribution is 2.45. The van der Waals surface area contributed by atoms with E-state index in [1.165, 1.54) is 6.08 Å². The van der Waals surface area contributed by atoms with E-state index in [0.717, 1.165) is 17.0 Å². The van der Waals surface area contributed by atoms with Crippen LogP contribution in [0.2, 0.25) is 0 Å². The van der Waals surface area contributed by atoms with E-state index in [0.29, 0.717) is 6.07 Å². The van der Waals surface area contributed by atoms with Gasteiger partial charge in [0.1, 0.15) is 5.82 Å². The number of rotatable bonds is 2. The monoisotopic (exact) mass is 378 g/mol.